The molecule has 4 nitrogen and oxygen atoms in total. The first-order chi connectivity index (χ1) is 9.24. The summed E-state index contributed by atoms with van der Waals surface area (Å²) in [6.45, 7) is 2.97. The molecule has 0 spiro atoms. The van der Waals surface area contributed by atoms with E-state index in [2.05, 4.69) is 34.7 Å². The molecule has 2 aliphatic heterocycles. The first-order valence-corrected chi connectivity index (χ1v) is 7.10. The third-order valence-electron chi connectivity index (χ3n) is 4.18. The Hall–Kier alpha value is -1.55. The van der Waals surface area contributed by atoms with Crippen molar-refractivity contribution in [2.24, 2.45) is 5.92 Å². The summed E-state index contributed by atoms with van der Waals surface area (Å²) in [5.74, 6) is 0.338. The number of piperidine rings is 1. The van der Waals surface area contributed by atoms with Gasteiger partial charge in [-0.1, -0.05) is 0 Å². The fourth-order valence-electron chi connectivity index (χ4n) is 2.97. The summed E-state index contributed by atoms with van der Waals surface area (Å²) >= 11 is 0. The van der Waals surface area contributed by atoms with Crippen LogP contribution in [0.1, 0.15) is 18.4 Å². The number of carbonyl (C=O) groups is 1. The number of nitrogens with one attached hydrogen (secondary N) is 2. The first kappa shape index (κ1) is 12.5. The Morgan fingerprint density at radius 3 is 2.95 bits per heavy atom. The lowest BCUT2D eigenvalue weighted by atomic mass is 9.97. The molecule has 1 amide bonds. The maximum Gasteiger partial charge on any atom is 0.227 e. The number of benzene rings is 1. The van der Waals surface area contributed by atoms with Crippen molar-refractivity contribution in [3.8, 4) is 0 Å². The quantitative estimate of drug-likeness (QED) is 0.848. The maximum absolute atomic E-state index is 12.2. The Morgan fingerprint density at radius 2 is 2.16 bits per heavy atom. The molecule has 0 atom stereocenters. The SMILES string of the molecule is CN1CCc2cc(NC(=O)C3CCNCC3)ccc21. The number of anilines is 2. The van der Waals surface area contributed by atoms with E-state index in [0.717, 1.165) is 44.6 Å². The number of rotatable bonds is 2. The van der Waals surface area contributed by atoms with Gasteiger partial charge in [0.25, 0.3) is 0 Å². The van der Waals surface area contributed by atoms with Gasteiger partial charge in [0.15, 0.2) is 0 Å². The summed E-state index contributed by atoms with van der Waals surface area (Å²) in [7, 11) is 2.11. The van der Waals surface area contributed by atoms with Gasteiger partial charge in [-0.3, -0.25) is 4.79 Å². The van der Waals surface area contributed by atoms with Gasteiger partial charge in [-0.15, -0.1) is 0 Å². The Balaban J connectivity index is 1.68. The van der Waals surface area contributed by atoms with Crippen LogP contribution in [0.5, 0.6) is 0 Å². The lowest BCUT2D eigenvalue weighted by Gasteiger charge is -2.22. The van der Waals surface area contributed by atoms with E-state index in [4.69, 9.17) is 0 Å². The van der Waals surface area contributed by atoms with Crippen LogP contribution in [0.2, 0.25) is 0 Å². The standard InChI is InChI=1S/C15H21N3O/c1-18-9-6-12-10-13(2-3-14(12)18)17-15(19)11-4-7-16-8-5-11/h2-3,10-11,16H,4-9H2,1H3,(H,17,19). The highest BCUT2D eigenvalue weighted by Crippen LogP contribution is 2.29. The summed E-state index contributed by atoms with van der Waals surface area (Å²) in [6, 6.07) is 6.25. The largest absolute Gasteiger partial charge is 0.374 e. The number of hydrogen-bond acceptors (Lipinski definition) is 3. The fraction of sp³-hybridized carbons (Fsp3) is 0.533. The van der Waals surface area contributed by atoms with Crippen molar-refractivity contribution in [2.75, 3.05) is 36.9 Å². The van der Waals surface area contributed by atoms with Gasteiger partial charge >= 0.3 is 0 Å². The second-order valence-electron chi connectivity index (χ2n) is 5.53. The maximum atomic E-state index is 12.2. The highest BCUT2D eigenvalue weighted by atomic mass is 16.1. The Morgan fingerprint density at radius 1 is 1.37 bits per heavy atom. The Kier molecular flexibility index (Phi) is 3.42. The molecule has 1 saturated heterocycles. The lowest BCUT2D eigenvalue weighted by Crippen LogP contribution is -2.34. The number of fused-ring (bicyclic) bond motifs is 1. The predicted molar refractivity (Wildman–Crippen MR) is 77.6 cm³/mol. The molecule has 2 aliphatic rings. The van der Waals surface area contributed by atoms with Crippen LogP contribution in [0.3, 0.4) is 0 Å². The van der Waals surface area contributed by atoms with Crippen LogP contribution in [-0.2, 0) is 11.2 Å². The molecule has 0 aliphatic carbocycles. The van der Waals surface area contributed by atoms with Crippen molar-refractivity contribution in [3.63, 3.8) is 0 Å². The molecule has 1 aromatic carbocycles. The minimum absolute atomic E-state index is 0.164. The molecule has 19 heavy (non-hydrogen) atoms. The Labute approximate surface area is 114 Å². The van der Waals surface area contributed by atoms with Crippen LogP contribution in [-0.4, -0.2) is 32.6 Å². The zero-order chi connectivity index (χ0) is 13.2. The molecule has 3 rings (SSSR count). The van der Waals surface area contributed by atoms with Gasteiger partial charge in [-0.25, -0.2) is 0 Å². The van der Waals surface area contributed by atoms with Crippen LogP contribution in [0, 0.1) is 5.92 Å². The van der Waals surface area contributed by atoms with Crippen LogP contribution in [0.25, 0.3) is 0 Å². The molecule has 0 radical (unpaired) electrons. The van der Waals surface area contributed by atoms with E-state index in [-0.39, 0.29) is 11.8 Å². The molecule has 4 heteroatoms. The topological polar surface area (TPSA) is 44.4 Å². The predicted octanol–water partition coefficient (Wildman–Crippen LogP) is 1.62. The van der Waals surface area contributed by atoms with Crippen molar-refractivity contribution in [3.05, 3.63) is 23.8 Å². The van der Waals surface area contributed by atoms with Gasteiger partial charge in [0.05, 0.1) is 0 Å². The van der Waals surface area contributed by atoms with Crippen molar-refractivity contribution in [1.82, 2.24) is 5.32 Å². The van der Waals surface area contributed by atoms with Crippen LogP contribution in [0.15, 0.2) is 18.2 Å². The van der Waals surface area contributed by atoms with Gasteiger partial charge in [-0.2, -0.15) is 0 Å². The molecule has 1 fully saturated rings. The van der Waals surface area contributed by atoms with Crippen LogP contribution >= 0.6 is 0 Å². The number of carbonyl (C=O) groups excluding carboxylic acids is 1. The van der Waals surface area contributed by atoms with E-state index < -0.39 is 0 Å². The van der Waals surface area contributed by atoms with E-state index >= 15 is 0 Å². The highest BCUT2D eigenvalue weighted by molar-refractivity contribution is 5.93. The molecule has 0 bridgehead atoms. The Bertz CT molecular complexity index is 480. The molecule has 102 valence electrons. The number of hydrogen-bond donors (Lipinski definition) is 2. The summed E-state index contributed by atoms with van der Waals surface area (Å²) in [4.78, 5) is 14.4. The average Bonchev–Trinajstić information content (AvgIpc) is 2.81. The smallest absolute Gasteiger partial charge is 0.227 e. The van der Waals surface area contributed by atoms with Crippen molar-refractivity contribution in [2.45, 2.75) is 19.3 Å². The summed E-state index contributed by atoms with van der Waals surface area (Å²) in [5, 5.41) is 6.36. The number of nitrogens with zero attached hydrogens (tertiary/aromatic N) is 1. The fourth-order valence-corrected chi connectivity index (χ4v) is 2.97. The van der Waals surface area contributed by atoms with Gasteiger partial charge in [-0.05, 0) is 56.1 Å². The zero-order valence-corrected chi connectivity index (χ0v) is 11.4. The summed E-state index contributed by atoms with van der Waals surface area (Å²) < 4.78 is 0. The second-order valence-corrected chi connectivity index (χ2v) is 5.53. The third kappa shape index (κ3) is 2.59. The first-order valence-electron chi connectivity index (χ1n) is 7.10. The van der Waals surface area contributed by atoms with E-state index in [1.165, 1.54) is 11.3 Å². The second kappa shape index (κ2) is 5.21. The van der Waals surface area contributed by atoms with E-state index in [1.54, 1.807) is 0 Å². The molecule has 2 N–H and O–H groups in total. The minimum Gasteiger partial charge on any atom is -0.374 e. The van der Waals surface area contributed by atoms with Crippen molar-refractivity contribution < 1.29 is 4.79 Å². The summed E-state index contributed by atoms with van der Waals surface area (Å²) in [6.07, 6.45) is 2.96. The van der Waals surface area contributed by atoms with Gasteiger partial charge in [0.2, 0.25) is 5.91 Å². The lowest BCUT2D eigenvalue weighted by molar-refractivity contribution is -0.120. The van der Waals surface area contributed by atoms with Crippen molar-refractivity contribution in [1.29, 1.82) is 0 Å². The molecular weight excluding hydrogens is 238 g/mol. The number of amides is 1. The molecule has 0 aromatic heterocycles. The molecule has 2 heterocycles. The van der Waals surface area contributed by atoms with Gasteiger partial charge in [0, 0.05) is 30.9 Å². The van der Waals surface area contributed by atoms with E-state index in [0.29, 0.717) is 0 Å². The van der Waals surface area contributed by atoms with Crippen molar-refractivity contribution >= 4 is 17.3 Å². The van der Waals surface area contributed by atoms with Crippen LogP contribution < -0.4 is 15.5 Å². The molecule has 0 unspecified atom stereocenters. The number of likely N-dealkylation sites (N-methyl/N-ethyl adjacent to an activating group) is 1. The van der Waals surface area contributed by atoms with E-state index in [1.807, 2.05) is 6.07 Å². The third-order valence-corrected chi connectivity index (χ3v) is 4.18. The molecular formula is C15H21N3O. The zero-order valence-electron chi connectivity index (χ0n) is 11.4. The van der Waals surface area contributed by atoms with Crippen LogP contribution in [0.4, 0.5) is 11.4 Å². The van der Waals surface area contributed by atoms with Gasteiger partial charge < -0.3 is 15.5 Å². The molecule has 0 saturated carbocycles. The summed E-state index contributed by atoms with van der Waals surface area (Å²) in [5.41, 5.74) is 3.57. The highest BCUT2D eigenvalue weighted by Gasteiger charge is 2.21. The van der Waals surface area contributed by atoms with E-state index in [9.17, 15) is 4.79 Å². The monoisotopic (exact) mass is 259 g/mol. The average molecular weight is 259 g/mol. The molecule has 1 aromatic rings. The van der Waals surface area contributed by atoms with Gasteiger partial charge in [0.1, 0.15) is 0 Å². The normalized spacial score (nSPS) is 19.3. The minimum atomic E-state index is 0.164.